The lowest BCUT2D eigenvalue weighted by Crippen LogP contribution is -2.33. The molecule has 2 heterocycles. The van der Waals surface area contributed by atoms with Crippen molar-refractivity contribution >= 4 is 5.91 Å². The summed E-state index contributed by atoms with van der Waals surface area (Å²) >= 11 is 0. The van der Waals surface area contributed by atoms with Crippen LogP contribution in [-0.4, -0.2) is 22.5 Å². The molecule has 1 atom stereocenters. The predicted molar refractivity (Wildman–Crippen MR) is 88.2 cm³/mol. The highest BCUT2D eigenvalue weighted by atomic mass is 16.5. The van der Waals surface area contributed by atoms with Crippen LogP contribution in [0.5, 0.6) is 5.75 Å². The summed E-state index contributed by atoms with van der Waals surface area (Å²) in [6, 6.07) is 7.55. The molecule has 0 saturated heterocycles. The third-order valence-corrected chi connectivity index (χ3v) is 4.15. The molecule has 1 amide bonds. The van der Waals surface area contributed by atoms with E-state index in [1.54, 1.807) is 6.92 Å². The van der Waals surface area contributed by atoms with Crippen molar-refractivity contribution in [1.29, 1.82) is 0 Å². The second kappa shape index (κ2) is 6.74. The molecule has 0 spiro atoms. The molecule has 0 unspecified atom stereocenters. The van der Waals surface area contributed by atoms with E-state index in [2.05, 4.69) is 15.3 Å². The summed E-state index contributed by atoms with van der Waals surface area (Å²) in [7, 11) is 0. The van der Waals surface area contributed by atoms with Crippen LogP contribution in [0.2, 0.25) is 0 Å². The van der Waals surface area contributed by atoms with Crippen LogP contribution in [0.15, 0.2) is 33.9 Å². The van der Waals surface area contributed by atoms with E-state index in [9.17, 15) is 14.4 Å². The maximum atomic E-state index is 12.2. The number of carbonyl (C=O) groups is 1. The normalized spacial score (nSPS) is 16.1. The second-order valence-corrected chi connectivity index (χ2v) is 5.81. The van der Waals surface area contributed by atoms with E-state index in [1.165, 1.54) is 0 Å². The second-order valence-electron chi connectivity index (χ2n) is 5.81. The van der Waals surface area contributed by atoms with Gasteiger partial charge in [-0.1, -0.05) is 18.2 Å². The van der Waals surface area contributed by atoms with E-state index in [1.807, 2.05) is 24.3 Å². The molecule has 0 radical (unpaired) electrons. The molecule has 2 aromatic rings. The SMILES string of the molecule is Cc1[nH]c(=O)[nH]c(=O)c1CCC(=O)N[C@H]1CCOc2ccccc21. The van der Waals surface area contributed by atoms with Gasteiger partial charge in [0.2, 0.25) is 5.91 Å². The number of ether oxygens (including phenoxy) is 1. The lowest BCUT2D eigenvalue weighted by atomic mass is 10.00. The summed E-state index contributed by atoms with van der Waals surface area (Å²) < 4.78 is 5.58. The molecule has 7 nitrogen and oxygen atoms in total. The van der Waals surface area contributed by atoms with Gasteiger partial charge in [-0.05, 0) is 19.4 Å². The Bertz CT molecular complexity index is 869. The van der Waals surface area contributed by atoms with Crippen molar-refractivity contribution in [3.63, 3.8) is 0 Å². The number of aromatic nitrogens is 2. The highest BCUT2D eigenvalue weighted by Crippen LogP contribution is 2.31. The number of carbonyl (C=O) groups excluding carboxylic acids is 1. The number of hydrogen-bond acceptors (Lipinski definition) is 4. The fourth-order valence-electron chi connectivity index (χ4n) is 2.92. The van der Waals surface area contributed by atoms with Crippen molar-refractivity contribution in [3.05, 3.63) is 61.9 Å². The highest BCUT2D eigenvalue weighted by molar-refractivity contribution is 5.77. The van der Waals surface area contributed by atoms with Gasteiger partial charge in [-0.3, -0.25) is 14.6 Å². The van der Waals surface area contributed by atoms with Crippen LogP contribution in [0.4, 0.5) is 0 Å². The molecule has 0 fully saturated rings. The Morgan fingerprint density at radius 1 is 1.29 bits per heavy atom. The first-order chi connectivity index (χ1) is 11.5. The molecular weight excluding hydrogens is 310 g/mol. The standard InChI is InChI=1S/C17H19N3O4/c1-10-11(16(22)20-17(23)18-10)6-7-15(21)19-13-8-9-24-14-5-3-2-4-12(13)14/h2-5,13H,6-9H2,1H3,(H,19,21)(H2,18,20,22,23)/t13-/m0/s1. The largest absolute Gasteiger partial charge is 0.493 e. The van der Waals surface area contributed by atoms with Crippen LogP contribution in [-0.2, 0) is 11.2 Å². The van der Waals surface area contributed by atoms with Crippen LogP contribution < -0.4 is 21.3 Å². The third-order valence-electron chi connectivity index (χ3n) is 4.15. The molecule has 24 heavy (non-hydrogen) atoms. The Labute approximate surface area is 138 Å². The Kier molecular flexibility index (Phi) is 4.50. The van der Waals surface area contributed by atoms with E-state index in [0.29, 0.717) is 24.3 Å². The van der Waals surface area contributed by atoms with Crippen molar-refractivity contribution in [1.82, 2.24) is 15.3 Å². The zero-order valence-corrected chi connectivity index (χ0v) is 13.3. The molecule has 1 aliphatic heterocycles. The number of fused-ring (bicyclic) bond motifs is 1. The Hall–Kier alpha value is -2.83. The van der Waals surface area contributed by atoms with Gasteiger partial charge in [0, 0.05) is 29.7 Å². The average Bonchev–Trinajstić information content (AvgIpc) is 2.54. The number of benzene rings is 1. The highest BCUT2D eigenvalue weighted by Gasteiger charge is 2.22. The number of rotatable bonds is 4. The summed E-state index contributed by atoms with van der Waals surface area (Å²) in [6.45, 7) is 2.21. The molecule has 1 aliphatic rings. The maximum absolute atomic E-state index is 12.2. The molecular formula is C17H19N3O4. The first-order valence-electron chi connectivity index (χ1n) is 7.88. The van der Waals surface area contributed by atoms with Crippen molar-refractivity contribution in [2.75, 3.05) is 6.61 Å². The summed E-state index contributed by atoms with van der Waals surface area (Å²) in [4.78, 5) is 40.0. The minimum atomic E-state index is -0.537. The van der Waals surface area contributed by atoms with Gasteiger partial charge < -0.3 is 15.0 Å². The molecule has 0 saturated carbocycles. The number of nitrogens with one attached hydrogen (secondary N) is 3. The van der Waals surface area contributed by atoms with Crippen molar-refractivity contribution in [2.45, 2.75) is 32.2 Å². The molecule has 126 valence electrons. The molecule has 7 heteroatoms. The fraction of sp³-hybridized carbons (Fsp3) is 0.353. The van der Waals surface area contributed by atoms with Gasteiger partial charge in [0.15, 0.2) is 0 Å². The van der Waals surface area contributed by atoms with E-state index in [-0.39, 0.29) is 24.8 Å². The van der Waals surface area contributed by atoms with Crippen LogP contribution in [0.3, 0.4) is 0 Å². The van der Waals surface area contributed by atoms with Crippen molar-refractivity contribution in [2.24, 2.45) is 0 Å². The van der Waals surface area contributed by atoms with Crippen LogP contribution in [0.25, 0.3) is 0 Å². The maximum Gasteiger partial charge on any atom is 0.325 e. The number of hydrogen-bond donors (Lipinski definition) is 3. The van der Waals surface area contributed by atoms with Crippen LogP contribution in [0, 0.1) is 6.92 Å². The van der Waals surface area contributed by atoms with Crippen molar-refractivity contribution in [3.8, 4) is 5.75 Å². The Balaban J connectivity index is 1.65. The quantitative estimate of drug-likeness (QED) is 0.776. The van der Waals surface area contributed by atoms with Crippen LogP contribution >= 0.6 is 0 Å². The molecule has 0 bridgehead atoms. The Morgan fingerprint density at radius 2 is 2.08 bits per heavy atom. The molecule has 0 aliphatic carbocycles. The predicted octanol–water partition coefficient (Wildman–Crippen LogP) is 0.944. The lowest BCUT2D eigenvalue weighted by Gasteiger charge is -2.26. The van der Waals surface area contributed by atoms with Gasteiger partial charge in [0.25, 0.3) is 5.56 Å². The van der Waals surface area contributed by atoms with E-state index in [4.69, 9.17) is 4.74 Å². The summed E-state index contributed by atoms with van der Waals surface area (Å²) in [5.41, 5.74) is 0.908. The van der Waals surface area contributed by atoms with E-state index >= 15 is 0 Å². The number of aryl methyl sites for hydroxylation is 1. The van der Waals surface area contributed by atoms with E-state index < -0.39 is 11.2 Å². The topological polar surface area (TPSA) is 104 Å². The van der Waals surface area contributed by atoms with Crippen LogP contribution in [0.1, 0.15) is 35.7 Å². The molecule has 3 N–H and O–H groups in total. The lowest BCUT2D eigenvalue weighted by molar-refractivity contribution is -0.122. The third kappa shape index (κ3) is 3.40. The number of amides is 1. The zero-order chi connectivity index (χ0) is 17.1. The summed E-state index contributed by atoms with van der Waals surface area (Å²) in [5.74, 6) is 0.656. The Morgan fingerprint density at radius 3 is 2.88 bits per heavy atom. The van der Waals surface area contributed by atoms with Gasteiger partial charge in [-0.25, -0.2) is 4.79 Å². The number of aromatic amines is 2. The van der Waals surface area contributed by atoms with Gasteiger partial charge in [0.05, 0.1) is 12.6 Å². The first kappa shape index (κ1) is 16.0. The monoisotopic (exact) mass is 329 g/mol. The summed E-state index contributed by atoms with van der Waals surface area (Å²) in [5, 5.41) is 2.99. The average molecular weight is 329 g/mol. The minimum Gasteiger partial charge on any atom is -0.493 e. The summed E-state index contributed by atoms with van der Waals surface area (Å²) in [6.07, 6.45) is 1.16. The van der Waals surface area contributed by atoms with Gasteiger partial charge in [0.1, 0.15) is 5.75 Å². The fourth-order valence-corrected chi connectivity index (χ4v) is 2.92. The smallest absolute Gasteiger partial charge is 0.325 e. The van der Waals surface area contributed by atoms with Gasteiger partial charge in [-0.2, -0.15) is 0 Å². The molecule has 1 aromatic carbocycles. The van der Waals surface area contributed by atoms with E-state index in [0.717, 1.165) is 11.3 Å². The van der Waals surface area contributed by atoms with Gasteiger partial charge in [-0.15, -0.1) is 0 Å². The van der Waals surface area contributed by atoms with Gasteiger partial charge >= 0.3 is 5.69 Å². The number of H-pyrrole nitrogens is 2. The van der Waals surface area contributed by atoms with Crippen molar-refractivity contribution < 1.29 is 9.53 Å². The molecule has 3 rings (SSSR count). The molecule has 1 aromatic heterocycles. The minimum absolute atomic E-state index is 0.0857. The first-order valence-corrected chi connectivity index (χ1v) is 7.88. The zero-order valence-electron chi connectivity index (χ0n) is 13.3. The number of para-hydroxylation sites is 1.